The topological polar surface area (TPSA) is 147 Å². The van der Waals surface area contributed by atoms with Crippen LogP contribution in [-0.2, 0) is 14.8 Å². The number of nitro groups is 1. The molecule has 0 fully saturated rings. The molecule has 0 bridgehead atoms. The zero-order chi connectivity index (χ0) is 14.8. The number of non-ortho nitro benzene ring substituents is 1. The molecular formula is C9H10N2O7S. The first kappa shape index (κ1) is 14.7. The summed E-state index contributed by atoms with van der Waals surface area (Å²) in [5, 5.41) is 26.8. The van der Waals surface area contributed by atoms with Gasteiger partial charge in [-0.05, 0) is 13.0 Å². The highest BCUT2D eigenvalue weighted by molar-refractivity contribution is 7.94. The van der Waals surface area contributed by atoms with E-state index in [4.69, 9.17) is 5.11 Å². The smallest absolute Gasteiger partial charge is 0.323 e. The summed E-state index contributed by atoms with van der Waals surface area (Å²) in [7, 11) is -4.31. The third-order valence-corrected chi connectivity index (χ3v) is 3.89. The van der Waals surface area contributed by atoms with Gasteiger partial charge in [-0.1, -0.05) is 0 Å². The molecule has 0 aliphatic carbocycles. The Hall–Kier alpha value is -2.36. The van der Waals surface area contributed by atoms with E-state index >= 15 is 0 Å². The minimum Gasteiger partial charge on any atom is -0.506 e. The van der Waals surface area contributed by atoms with Gasteiger partial charge in [0.05, 0.1) is 10.6 Å². The Kier molecular flexibility index (Phi) is 3.95. The molecule has 0 radical (unpaired) electrons. The van der Waals surface area contributed by atoms with Crippen LogP contribution < -0.4 is 4.72 Å². The molecule has 0 aromatic heterocycles. The molecule has 1 rings (SSSR count). The minimum absolute atomic E-state index is 0.446. The number of nitrogens with zero attached hydrogens (tertiary/aromatic N) is 1. The summed E-state index contributed by atoms with van der Waals surface area (Å²) in [6, 6.07) is 2.70. The van der Waals surface area contributed by atoms with Crippen molar-refractivity contribution in [2.75, 3.05) is 4.72 Å². The van der Waals surface area contributed by atoms with Gasteiger partial charge in [0.15, 0.2) is 5.25 Å². The van der Waals surface area contributed by atoms with Crippen molar-refractivity contribution in [1.29, 1.82) is 0 Å². The number of hydrogen-bond donors (Lipinski definition) is 3. The van der Waals surface area contributed by atoms with Crippen LogP contribution >= 0.6 is 0 Å². The zero-order valence-electron chi connectivity index (χ0n) is 9.60. The summed E-state index contributed by atoms with van der Waals surface area (Å²) in [6.45, 7) is 0.930. The summed E-state index contributed by atoms with van der Waals surface area (Å²) in [6.07, 6.45) is 0. The van der Waals surface area contributed by atoms with Crippen molar-refractivity contribution in [2.45, 2.75) is 12.2 Å². The van der Waals surface area contributed by atoms with Gasteiger partial charge in [-0.25, -0.2) is 8.42 Å². The SMILES string of the molecule is CC(C(=O)O)S(=O)(=O)Nc1cc([N+](=O)[O-])ccc1O. The highest BCUT2D eigenvalue weighted by atomic mass is 32.2. The second kappa shape index (κ2) is 5.10. The normalized spacial score (nSPS) is 12.7. The Morgan fingerprint density at radius 2 is 2.05 bits per heavy atom. The Bertz CT molecular complexity index is 625. The van der Waals surface area contributed by atoms with Gasteiger partial charge in [-0.15, -0.1) is 0 Å². The number of anilines is 1. The molecule has 0 amide bonds. The molecule has 104 valence electrons. The molecule has 0 heterocycles. The van der Waals surface area contributed by atoms with E-state index in [-0.39, 0.29) is 0 Å². The Morgan fingerprint density at radius 1 is 1.47 bits per heavy atom. The van der Waals surface area contributed by atoms with Crippen molar-refractivity contribution in [1.82, 2.24) is 0 Å². The molecule has 3 N–H and O–H groups in total. The van der Waals surface area contributed by atoms with Crippen LogP contribution in [0.3, 0.4) is 0 Å². The summed E-state index contributed by atoms with van der Waals surface area (Å²) in [5.41, 5.74) is -0.902. The van der Waals surface area contributed by atoms with Crippen LogP contribution in [-0.4, -0.2) is 34.8 Å². The Labute approximate surface area is 107 Å². The minimum atomic E-state index is -4.31. The lowest BCUT2D eigenvalue weighted by atomic mass is 10.2. The molecular weight excluding hydrogens is 280 g/mol. The summed E-state index contributed by atoms with van der Waals surface area (Å²) in [4.78, 5) is 20.4. The fraction of sp³-hybridized carbons (Fsp3) is 0.222. The summed E-state index contributed by atoms with van der Waals surface area (Å²) < 4.78 is 25.0. The molecule has 0 aliphatic heterocycles. The highest BCUT2D eigenvalue weighted by Gasteiger charge is 2.28. The van der Waals surface area contributed by atoms with Crippen LogP contribution in [0, 0.1) is 10.1 Å². The van der Waals surface area contributed by atoms with E-state index in [1.54, 1.807) is 4.72 Å². The number of carbonyl (C=O) groups is 1. The van der Waals surface area contributed by atoms with E-state index in [9.17, 15) is 28.4 Å². The van der Waals surface area contributed by atoms with Crippen LogP contribution in [0.5, 0.6) is 5.75 Å². The maximum absolute atomic E-state index is 11.6. The summed E-state index contributed by atoms with van der Waals surface area (Å²) in [5.74, 6) is -2.14. The molecule has 0 saturated heterocycles. The number of carboxylic acid groups (broad SMARTS) is 1. The Balaban J connectivity index is 3.15. The maximum atomic E-state index is 11.6. The number of phenolic OH excluding ortho intramolecular Hbond substituents is 1. The van der Waals surface area contributed by atoms with E-state index < -0.39 is 43.3 Å². The van der Waals surface area contributed by atoms with Crippen LogP contribution in [0.1, 0.15) is 6.92 Å². The first-order valence-corrected chi connectivity index (χ1v) is 6.41. The van der Waals surface area contributed by atoms with E-state index in [0.717, 1.165) is 25.1 Å². The van der Waals surface area contributed by atoms with E-state index in [0.29, 0.717) is 0 Å². The molecule has 9 nitrogen and oxygen atoms in total. The van der Waals surface area contributed by atoms with Crippen LogP contribution in [0.2, 0.25) is 0 Å². The monoisotopic (exact) mass is 290 g/mol. The van der Waals surface area contributed by atoms with Crippen molar-refractivity contribution in [3.8, 4) is 5.75 Å². The number of hydrogen-bond acceptors (Lipinski definition) is 6. The number of phenols is 1. The molecule has 1 atom stereocenters. The van der Waals surface area contributed by atoms with Crippen molar-refractivity contribution < 1.29 is 28.3 Å². The fourth-order valence-corrected chi connectivity index (χ4v) is 2.01. The average Bonchev–Trinajstić information content (AvgIpc) is 2.30. The lowest BCUT2D eigenvalue weighted by Crippen LogP contribution is -2.32. The summed E-state index contributed by atoms with van der Waals surface area (Å²) >= 11 is 0. The standard InChI is InChI=1S/C9H10N2O7S/c1-5(9(13)14)19(17,18)10-7-4-6(11(15)16)2-3-8(7)12/h2-5,10,12H,1H3,(H,13,14). The predicted molar refractivity (Wildman–Crippen MR) is 64.4 cm³/mol. The number of nitrogens with one attached hydrogen (secondary N) is 1. The zero-order valence-corrected chi connectivity index (χ0v) is 10.4. The van der Waals surface area contributed by atoms with Crippen LogP contribution in [0.25, 0.3) is 0 Å². The lowest BCUT2D eigenvalue weighted by molar-refractivity contribution is -0.384. The fourth-order valence-electron chi connectivity index (χ4n) is 1.09. The number of sulfonamides is 1. The quantitative estimate of drug-likeness (QED) is 0.406. The number of aliphatic carboxylic acids is 1. The van der Waals surface area contributed by atoms with Gasteiger partial charge < -0.3 is 10.2 Å². The van der Waals surface area contributed by atoms with Gasteiger partial charge in [0.25, 0.3) is 5.69 Å². The molecule has 0 saturated carbocycles. The maximum Gasteiger partial charge on any atom is 0.323 e. The first-order valence-electron chi connectivity index (χ1n) is 4.87. The third-order valence-electron chi connectivity index (χ3n) is 2.26. The number of carboxylic acids is 1. The molecule has 1 unspecified atom stereocenters. The molecule has 1 aromatic rings. The average molecular weight is 290 g/mol. The molecule has 19 heavy (non-hydrogen) atoms. The van der Waals surface area contributed by atoms with Crippen molar-refractivity contribution in [3.05, 3.63) is 28.3 Å². The van der Waals surface area contributed by atoms with E-state index in [1.165, 1.54) is 0 Å². The third kappa shape index (κ3) is 3.31. The van der Waals surface area contributed by atoms with Crippen molar-refractivity contribution in [2.24, 2.45) is 0 Å². The molecule has 0 spiro atoms. The number of benzene rings is 1. The molecule has 10 heteroatoms. The van der Waals surface area contributed by atoms with Gasteiger partial charge in [0.2, 0.25) is 10.0 Å². The number of nitro benzene ring substituents is 1. The molecule has 0 aliphatic rings. The van der Waals surface area contributed by atoms with Crippen LogP contribution in [0.15, 0.2) is 18.2 Å². The second-order valence-corrected chi connectivity index (χ2v) is 5.59. The number of aromatic hydroxyl groups is 1. The van der Waals surface area contributed by atoms with Crippen molar-refractivity contribution in [3.63, 3.8) is 0 Å². The van der Waals surface area contributed by atoms with E-state index in [2.05, 4.69) is 0 Å². The van der Waals surface area contributed by atoms with Crippen LogP contribution in [0.4, 0.5) is 11.4 Å². The van der Waals surface area contributed by atoms with Gasteiger partial charge in [-0.3, -0.25) is 19.6 Å². The number of rotatable bonds is 5. The predicted octanol–water partition coefficient (Wildman–Crippen LogP) is 0.515. The lowest BCUT2D eigenvalue weighted by Gasteiger charge is -2.12. The molecule has 1 aromatic carbocycles. The van der Waals surface area contributed by atoms with Gasteiger partial charge in [0.1, 0.15) is 5.75 Å². The van der Waals surface area contributed by atoms with Gasteiger partial charge in [-0.2, -0.15) is 0 Å². The van der Waals surface area contributed by atoms with Gasteiger partial charge >= 0.3 is 5.97 Å². The first-order chi connectivity index (χ1) is 8.65. The van der Waals surface area contributed by atoms with E-state index in [1.807, 2.05) is 0 Å². The largest absolute Gasteiger partial charge is 0.506 e. The Morgan fingerprint density at radius 3 is 2.53 bits per heavy atom. The van der Waals surface area contributed by atoms with Gasteiger partial charge in [0, 0.05) is 12.1 Å². The van der Waals surface area contributed by atoms with Crippen molar-refractivity contribution >= 4 is 27.4 Å². The second-order valence-electron chi connectivity index (χ2n) is 3.59. The highest BCUT2D eigenvalue weighted by Crippen LogP contribution is 2.29.